The number of nitrogens with two attached hydrogens (primary N) is 1. The molecule has 2 N–H and O–H groups in total. The van der Waals surface area contributed by atoms with Crippen molar-refractivity contribution in [2.24, 2.45) is 11.1 Å². The van der Waals surface area contributed by atoms with Gasteiger partial charge in [0.2, 0.25) is 0 Å². The molecule has 16 heavy (non-hydrogen) atoms. The molecule has 1 saturated carbocycles. The van der Waals surface area contributed by atoms with Crippen molar-refractivity contribution in [2.75, 3.05) is 0 Å². The molecule has 1 heterocycles. The predicted molar refractivity (Wildman–Crippen MR) is 65.8 cm³/mol. The lowest BCUT2D eigenvalue weighted by atomic mass is 9.84. The van der Waals surface area contributed by atoms with Gasteiger partial charge in [0.15, 0.2) is 0 Å². The van der Waals surface area contributed by atoms with Crippen molar-refractivity contribution in [3.05, 3.63) is 35.7 Å². The Morgan fingerprint density at radius 1 is 1.44 bits per heavy atom. The second-order valence-corrected chi connectivity index (χ2v) is 5.29. The van der Waals surface area contributed by atoms with Crippen LogP contribution >= 0.6 is 0 Å². The minimum atomic E-state index is 0.460. The molecule has 1 aromatic rings. The third kappa shape index (κ3) is 1.57. The highest BCUT2D eigenvalue weighted by Gasteiger charge is 2.51. The molecule has 84 valence electrons. The van der Waals surface area contributed by atoms with Gasteiger partial charge in [0.25, 0.3) is 0 Å². The zero-order valence-corrected chi connectivity index (χ0v) is 9.74. The van der Waals surface area contributed by atoms with Gasteiger partial charge in [-0.3, -0.25) is 4.98 Å². The van der Waals surface area contributed by atoms with E-state index in [4.69, 9.17) is 5.73 Å². The van der Waals surface area contributed by atoms with Gasteiger partial charge in [-0.2, -0.15) is 0 Å². The number of pyridine rings is 1. The van der Waals surface area contributed by atoms with Crippen LogP contribution in [-0.4, -0.2) is 11.0 Å². The lowest BCUT2D eigenvalue weighted by Gasteiger charge is -2.22. The number of aromatic nitrogens is 1. The summed E-state index contributed by atoms with van der Waals surface area (Å²) in [5, 5.41) is 0. The Hall–Kier alpha value is -1.15. The van der Waals surface area contributed by atoms with Crippen molar-refractivity contribution in [3.8, 4) is 0 Å². The normalized spacial score (nSPS) is 32.6. The monoisotopic (exact) mass is 214 g/mol. The lowest BCUT2D eigenvalue weighted by molar-refractivity contribution is 0.447. The molecule has 0 radical (unpaired) electrons. The van der Waals surface area contributed by atoms with Crippen molar-refractivity contribution < 1.29 is 0 Å². The van der Waals surface area contributed by atoms with Crippen LogP contribution in [0, 0.1) is 12.3 Å². The fourth-order valence-electron chi connectivity index (χ4n) is 2.74. The molecule has 2 atom stereocenters. The van der Waals surface area contributed by atoms with E-state index in [9.17, 15) is 0 Å². The van der Waals surface area contributed by atoms with Crippen LogP contribution in [0.3, 0.4) is 0 Å². The molecule has 0 bridgehead atoms. The third-order valence-electron chi connectivity index (χ3n) is 4.18. The Bertz CT molecular complexity index is 433. The van der Waals surface area contributed by atoms with Gasteiger partial charge in [0.05, 0.1) is 0 Å². The highest BCUT2D eigenvalue weighted by molar-refractivity contribution is 5.66. The van der Waals surface area contributed by atoms with Gasteiger partial charge in [0, 0.05) is 17.9 Å². The van der Waals surface area contributed by atoms with E-state index in [2.05, 4.69) is 23.2 Å². The number of allylic oxidation sites excluding steroid dienone is 2. The average Bonchev–Trinajstić information content (AvgIpc) is 2.91. The van der Waals surface area contributed by atoms with Crippen molar-refractivity contribution in [1.82, 2.24) is 4.98 Å². The molecule has 2 nitrogen and oxygen atoms in total. The fourth-order valence-corrected chi connectivity index (χ4v) is 2.74. The maximum Gasteiger partial charge on any atom is 0.0373 e. The first kappa shape index (κ1) is 10.0. The van der Waals surface area contributed by atoms with Crippen molar-refractivity contribution in [3.63, 3.8) is 0 Å². The number of nitrogens with zero attached hydrogens (tertiary/aromatic N) is 1. The maximum atomic E-state index is 5.99. The van der Waals surface area contributed by atoms with E-state index in [0.29, 0.717) is 11.5 Å². The van der Waals surface area contributed by atoms with Gasteiger partial charge < -0.3 is 5.73 Å². The van der Waals surface area contributed by atoms with Crippen LogP contribution in [0.25, 0.3) is 5.57 Å². The highest BCUT2D eigenvalue weighted by Crippen LogP contribution is 2.55. The number of rotatable bonds is 1. The summed E-state index contributed by atoms with van der Waals surface area (Å²) in [5.41, 5.74) is 10.3. The average molecular weight is 214 g/mol. The van der Waals surface area contributed by atoms with E-state index >= 15 is 0 Å². The first-order valence-corrected chi connectivity index (χ1v) is 6.07. The van der Waals surface area contributed by atoms with Gasteiger partial charge in [-0.25, -0.2) is 0 Å². The smallest absolute Gasteiger partial charge is 0.0373 e. The molecule has 2 aliphatic carbocycles. The minimum Gasteiger partial charge on any atom is -0.327 e. The molecule has 1 aromatic heterocycles. The molecule has 1 spiro atoms. The van der Waals surface area contributed by atoms with Crippen LogP contribution in [0.2, 0.25) is 0 Å². The van der Waals surface area contributed by atoms with E-state index in [1.165, 1.54) is 30.4 Å². The van der Waals surface area contributed by atoms with Crippen LogP contribution in [-0.2, 0) is 0 Å². The summed E-state index contributed by atoms with van der Waals surface area (Å²) in [5.74, 6) is 0. The van der Waals surface area contributed by atoms with Gasteiger partial charge in [-0.1, -0.05) is 12.1 Å². The quantitative estimate of drug-likeness (QED) is 0.780. The number of hydrogen-bond acceptors (Lipinski definition) is 2. The molecule has 0 aliphatic heterocycles. The molecule has 3 rings (SSSR count). The molecule has 2 heteroatoms. The second kappa shape index (κ2) is 3.42. The zero-order valence-electron chi connectivity index (χ0n) is 9.74. The summed E-state index contributed by atoms with van der Waals surface area (Å²) in [7, 11) is 0. The molecule has 0 amide bonds. The molecular weight excluding hydrogens is 196 g/mol. The molecule has 2 aliphatic rings. The van der Waals surface area contributed by atoms with E-state index in [0.717, 1.165) is 12.1 Å². The van der Waals surface area contributed by atoms with Crippen LogP contribution in [0.4, 0.5) is 0 Å². The van der Waals surface area contributed by atoms with Gasteiger partial charge in [-0.05, 0) is 55.2 Å². The number of aryl methyl sites for hydroxylation is 1. The summed E-state index contributed by atoms with van der Waals surface area (Å²) in [6, 6.07) is 4.73. The van der Waals surface area contributed by atoms with E-state index < -0.39 is 0 Å². The Balaban J connectivity index is 1.80. The largest absolute Gasteiger partial charge is 0.327 e. The molecule has 0 aromatic carbocycles. The molecule has 0 saturated heterocycles. The SMILES string of the molecule is Cc1ccc(C2=CCC3(CC2)CC3N)cn1. The summed E-state index contributed by atoms with van der Waals surface area (Å²) >= 11 is 0. The van der Waals surface area contributed by atoms with Crippen LogP contribution < -0.4 is 5.73 Å². The standard InChI is InChI=1S/C14H18N2/c1-10-2-3-12(9-16-10)11-4-6-14(7-5-11)8-13(14)15/h2-4,9,13H,5-8,15H2,1H3. The zero-order chi connectivity index (χ0) is 11.2. The number of hydrogen-bond donors (Lipinski definition) is 1. The van der Waals surface area contributed by atoms with Crippen LogP contribution in [0.5, 0.6) is 0 Å². The lowest BCUT2D eigenvalue weighted by Crippen LogP contribution is -2.16. The molecule has 2 unspecified atom stereocenters. The molecule has 1 fully saturated rings. The maximum absolute atomic E-state index is 5.99. The van der Waals surface area contributed by atoms with Gasteiger partial charge >= 0.3 is 0 Å². The summed E-state index contributed by atoms with van der Waals surface area (Å²) < 4.78 is 0. The van der Waals surface area contributed by atoms with E-state index in [1.807, 2.05) is 13.1 Å². The highest BCUT2D eigenvalue weighted by atomic mass is 14.8. The first-order chi connectivity index (χ1) is 7.70. The Morgan fingerprint density at radius 3 is 2.75 bits per heavy atom. The van der Waals surface area contributed by atoms with Crippen LogP contribution in [0.15, 0.2) is 24.4 Å². The fraction of sp³-hybridized carbons (Fsp3) is 0.500. The van der Waals surface area contributed by atoms with Gasteiger partial charge in [-0.15, -0.1) is 0 Å². The first-order valence-electron chi connectivity index (χ1n) is 6.07. The minimum absolute atomic E-state index is 0.460. The van der Waals surface area contributed by atoms with Crippen molar-refractivity contribution >= 4 is 5.57 Å². The Morgan fingerprint density at radius 2 is 2.25 bits per heavy atom. The van der Waals surface area contributed by atoms with Crippen molar-refractivity contribution in [1.29, 1.82) is 0 Å². The topological polar surface area (TPSA) is 38.9 Å². The summed E-state index contributed by atoms with van der Waals surface area (Å²) in [6.07, 6.45) is 9.18. The summed E-state index contributed by atoms with van der Waals surface area (Å²) in [6.45, 7) is 2.03. The van der Waals surface area contributed by atoms with Crippen molar-refractivity contribution in [2.45, 2.75) is 38.6 Å². The Kier molecular flexibility index (Phi) is 2.15. The third-order valence-corrected chi connectivity index (χ3v) is 4.18. The Labute approximate surface area is 96.6 Å². The van der Waals surface area contributed by atoms with E-state index in [-0.39, 0.29) is 0 Å². The van der Waals surface area contributed by atoms with Gasteiger partial charge in [0.1, 0.15) is 0 Å². The molecular formula is C14H18N2. The van der Waals surface area contributed by atoms with E-state index in [1.54, 1.807) is 0 Å². The second-order valence-electron chi connectivity index (χ2n) is 5.29. The van der Waals surface area contributed by atoms with Crippen LogP contribution in [0.1, 0.15) is 36.9 Å². The summed E-state index contributed by atoms with van der Waals surface area (Å²) in [4.78, 5) is 4.36. The predicted octanol–water partition coefficient (Wildman–Crippen LogP) is 2.67.